The molecule has 2 aliphatic carbocycles. The van der Waals surface area contributed by atoms with E-state index in [0.29, 0.717) is 17.6 Å². The summed E-state index contributed by atoms with van der Waals surface area (Å²) in [7, 11) is 0. The lowest BCUT2D eigenvalue weighted by atomic mass is 9.95. The average Bonchev–Trinajstić information content (AvgIpc) is 2.90. The summed E-state index contributed by atoms with van der Waals surface area (Å²) in [6.45, 7) is 0. The van der Waals surface area contributed by atoms with Crippen molar-refractivity contribution in [3.63, 3.8) is 0 Å². The van der Waals surface area contributed by atoms with Gasteiger partial charge in [-0.2, -0.15) is 0 Å². The van der Waals surface area contributed by atoms with Crippen LogP contribution in [0.5, 0.6) is 0 Å². The lowest BCUT2D eigenvalue weighted by molar-refractivity contribution is -0.384. The third-order valence-corrected chi connectivity index (χ3v) is 4.73. The summed E-state index contributed by atoms with van der Waals surface area (Å²) >= 11 is 3.37. The van der Waals surface area contributed by atoms with Gasteiger partial charge in [0, 0.05) is 16.6 Å². The van der Waals surface area contributed by atoms with Crippen molar-refractivity contribution in [2.45, 2.75) is 31.7 Å². The molecule has 2 fully saturated rings. The molecule has 0 radical (unpaired) electrons. The maximum atomic E-state index is 11.0. The molecule has 3 unspecified atom stereocenters. The number of nitrogens with one attached hydrogen (secondary N) is 1. The zero-order valence-corrected chi connectivity index (χ0v) is 11.5. The van der Waals surface area contributed by atoms with Crippen molar-refractivity contribution in [3.05, 3.63) is 32.8 Å². The third-order valence-electron chi connectivity index (χ3n) is 4.23. The van der Waals surface area contributed by atoms with Gasteiger partial charge in [-0.3, -0.25) is 10.1 Å². The van der Waals surface area contributed by atoms with Gasteiger partial charge < -0.3 is 5.32 Å². The number of hydrogen-bond acceptors (Lipinski definition) is 3. The predicted molar refractivity (Wildman–Crippen MR) is 73.7 cm³/mol. The van der Waals surface area contributed by atoms with E-state index in [1.165, 1.54) is 19.3 Å². The standard InChI is InChI=1S/C13H15BrN2O2/c14-10-3-4-13(16(17)18)12(7-10)15-11-6-8-1-2-9(11)5-8/h3-4,7-9,11,15H,1-2,5-6H2. The van der Waals surface area contributed by atoms with Crippen LogP contribution in [0.2, 0.25) is 0 Å². The van der Waals surface area contributed by atoms with Gasteiger partial charge in [0.05, 0.1) is 4.92 Å². The fourth-order valence-corrected chi connectivity index (χ4v) is 3.77. The number of nitro benzene ring substituents is 1. The first-order valence-corrected chi connectivity index (χ1v) is 7.13. The monoisotopic (exact) mass is 310 g/mol. The molecule has 3 rings (SSSR count). The summed E-state index contributed by atoms with van der Waals surface area (Å²) in [5, 5.41) is 14.4. The van der Waals surface area contributed by atoms with E-state index in [-0.39, 0.29) is 10.6 Å². The molecule has 2 saturated carbocycles. The van der Waals surface area contributed by atoms with E-state index in [1.54, 1.807) is 12.1 Å². The van der Waals surface area contributed by atoms with Crippen molar-refractivity contribution in [1.29, 1.82) is 0 Å². The SMILES string of the molecule is O=[N+]([O-])c1ccc(Br)cc1NC1CC2CCC1C2. The van der Waals surface area contributed by atoms with Crippen LogP contribution in [0.25, 0.3) is 0 Å². The highest BCUT2D eigenvalue weighted by molar-refractivity contribution is 9.10. The summed E-state index contributed by atoms with van der Waals surface area (Å²) in [6, 6.07) is 5.49. The number of benzene rings is 1. The minimum atomic E-state index is -0.317. The van der Waals surface area contributed by atoms with Gasteiger partial charge in [-0.15, -0.1) is 0 Å². The highest BCUT2D eigenvalue weighted by Gasteiger charge is 2.40. The van der Waals surface area contributed by atoms with E-state index in [0.717, 1.165) is 16.8 Å². The molecule has 0 aromatic heterocycles. The quantitative estimate of drug-likeness (QED) is 0.679. The van der Waals surface area contributed by atoms with Crippen LogP contribution in [0, 0.1) is 22.0 Å². The Hall–Kier alpha value is -1.10. The molecule has 18 heavy (non-hydrogen) atoms. The summed E-state index contributed by atoms with van der Waals surface area (Å²) < 4.78 is 0.874. The minimum Gasteiger partial charge on any atom is -0.376 e. The molecule has 2 bridgehead atoms. The Balaban J connectivity index is 1.83. The maximum Gasteiger partial charge on any atom is 0.292 e. The van der Waals surface area contributed by atoms with E-state index in [1.807, 2.05) is 6.07 Å². The van der Waals surface area contributed by atoms with Gasteiger partial charge in [0.25, 0.3) is 5.69 Å². The first-order chi connectivity index (χ1) is 8.63. The van der Waals surface area contributed by atoms with Gasteiger partial charge in [0.1, 0.15) is 5.69 Å². The van der Waals surface area contributed by atoms with Crippen LogP contribution < -0.4 is 5.32 Å². The zero-order chi connectivity index (χ0) is 12.7. The number of nitro groups is 1. The lowest BCUT2D eigenvalue weighted by Gasteiger charge is -2.23. The Kier molecular flexibility index (Phi) is 3.01. The number of rotatable bonds is 3. The zero-order valence-electron chi connectivity index (χ0n) is 9.93. The number of hydrogen-bond donors (Lipinski definition) is 1. The largest absolute Gasteiger partial charge is 0.376 e. The molecule has 1 N–H and O–H groups in total. The lowest BCUT2D eigenvalue weighted by Crippen LogP contribution is -2.26. The molecule has 0 heterocycles. The molecule has 2 aliphatic rings. The van der Waals surface area contributed by atoms with E-state index in [9.17, 15) is 10.1 Å². The maximum absolute atomic E-state index is 11.0. The molecule has 0 saturated heterocycles. The van der Waals surface area contributed by atoms with Crippen LogP contribution >= 0.6 is 15.9 Å². The number of anilines is 1. The van der Waals surface area contributed by atoms with Crippen molar-refractivity contribution in [1.82, 2.24) is 0 Å². The van der Waals surface area contributed by atoms with Crippen molar-refractivity contribution < 1.29 is 4.92 Å². The fourth-order valence-electron chi connectivity index (χ4n) is 3.40. The molecule has 1 aromatic carbocycles. The fraction of sp³-hybridized carbons (Fsp3) is 0.538. The highest BCUT2D eigenvalue weighted by atomic mass is 79.9. The van der Waals surface area contributed by atoms with Crippen molar-refractivity contribution >= 4 is 27.3 Å². The summed E-state index contributed by atoms with van der Waals surface area (Å²) in [5.74, 6) is 1.53. The third kappa shape index (κ3) is 2.11. The first-order valence-electron chi connectivity index (χ1n) is 6.34. The summed E-state index contributed by atoms with van der Waals surface area (Å²) in [4.78, 5) is 10.7. The predicted octanol–water partition coefficient (Wildman–Crippen LogP) is 3.96. The molecular weight excluding hydrogens is 296 g/mol. The molecule has 3 atom stereocenters. The van der Waals surface area contributed by atoms with E-state index in [4.69, 9.17) is 0 Å². The van der Waals surface area contributed by atoms with Crippen molar-refractivity contribution in [2.75, 3.05) is 5.32 Å². The topological polar surface area (TPSA) is 55.2 Å². The molecule has 4 nitrogen and oxygen atoms in total. The van der Waals surface area contributed by atoms with Gasteiger partial charge in [0.2, 0.25) is 0 Å². The number of nitrogens with zero attached hydrogens (tertiary/aromatic N) is 1. The van der Waals surface area contributed by atoms with E-state index in [2.05, 4.69) is 21.2 Å². The minimum absolute atomic E-state index is 0.168. The normalized spacial score (nSPS) is 29.5. The molecule has 96 valence electrons. The second kappa shape index (κ2) is 4.53. The Morgan fingerprint density at radius 1 is 1.33 bits per heavy atom. The molecular formula is C13H15BrN2O2. The molecule has 0 aliphatic heterocycles. The van der Waals surface area contributed by atoms with Gasteiger partial charge in [-0.25, -0.2) is 0 Å². The van der Waals surface area contributed by atoms with Crippen LogP contribution in [0.3, 0.4) is 0 Å². The molecule has 5 heteroatoms. The smallest absolute Gasteiger partial charge is 0.292 e. The van der Waals surface area contributed by atoms with Crippen molar-refractivity contribution in [3.8, 4) is 0 Å². The van der Waals surface area contributed by atoms with Crippen LogP contribution in [-0.2, 0) is 0 Å². The first kappa shape index (κ1) is 12.0. The Morgan fingerprint density at radius 3 is 2.78 bits per heavy atom. The summed E-state index contributed by atoms with van der Waals surface area (Å²) in [5.41, 5.74) is 0.813. The van der Waals surface area contributed by atoms with Crippen molar-refractivity contribution in [2.24, 2.45) is 11.8 Å². The van der Waals surface area contributed by atoms with Crippen LogP contribution in [0.4, 0.5) is 11.4 Å². The highest BCUT2D eigenvalue weighted by Crippen LogP contribution is 2.46. The number of fused-ring (bicyclic) bond motifs is 2. The van der Waals surface area contributed by atoms with Gasteiger partial charge in [0.15, 0.2) is 0 Å². The summed E-state index contributed by atoms with van der Waals surface area (Å²) in [6.07, 6.45) is 5.06. The van der Waals surface area contributed by atoms with Crippen LogP contribution in [-0.4, -0.2) is 11.0 Å². The van der Waals surface area contributed by atoms with Crippen LogP contribution in [0.1, 0.15) is 25.7 Å². The second-order valence-electron chi connectivity index (χ2n) is 5.34. The molecule has 1 aromatic rings. The Morgan fingerprint density at radius 2 is 2.17 bits per heavy atom. The molecule has 0 amide bonds. The van der Waals surface area contributed by atoms with E-state index < -0.39 is 0 Å². The Labute approximate surface area is 114 Å². The second-order valence-corrected chi connectivity index (χ2v) is 6.26. The van der Waals surface area contributed by atoms with Gasteiger partial charge in [-0.05, 0) is 43.2 Å². The Bertz CT molecular complexity index is 492. The van der Waals surface area contributed by atoms with E-state index >= 15 is 0 Å². The van der Waals surface area contributed by atoms with Gasteiger partial charge in [-0.1, -0.05) is 22.4 Å². The molecule has 0 spiro atoms. The average molecular weight is 311 g/mol. The van der Waals surface area contributed by atoms with Crippen LogP contribution in [0.15, 0.2) is 22.7 Å². The van der Waals surface area contributed by atoms with Gasteiger partial charge >= 0.3 is 0 Å². The number of halogens is 1.